The number of ether oxygens (including phenoxy) is 1. The third-order valence-electron chi connectivity index (χ3n) is 1.36. The van der Waals surface area contributed by atoms with E-state index in [0.717, 1.165) is 6.54 Å². The zero-order chi connectivity index (χ0) is 8.69. The topological polar surface area (TPSA) is 55.6 Å². The molecular formula is C7H16N2O2. The molecule has 4 heteroatoms. The van der Waals surface area contributed by atoms with Crippen molar-refractivity contribution in [2.75, 3.05) is 26.4 Å². The lowest BCUT2D eigenvalue weighted by molar-refractivity contribution is -0.144. The van der Waals surface area contributed by atoms with Crippen molar-refractivity contribution in [1.29, 1.82) is 0 Å². The van der Waals surface area contributed by atoms with E-state index >= 15 is 0 Å². The van der Waals surface area contributed by atoms with Gasteiger partial charge in [0.25, 0.3) is 0 Å². The van der Waals surface area contributed by atoms with Crippen molar-refractivity contribution in [3.05, 3.63) is 0 Å². The van der Waals surface area contributed by atoms with Gasteiger partial charge >= 0.3 is 5.97 Å². The normalized spacial score (nSPS) is 10.2. The standard InChI is InChI=1S/C7H16N2O2/c1-3-9(6-8)5-7(10)11-4-2/h3-6,8H2,1-2H3. The summed E-state index contributed by atoms with van der Waals surface area (Å²) in [7, 11) is 0. The maximum atomic E-state index is 10.9. The third kappa shape index (κ3) is 4.75. The molecule has 0 bridgehead atoms. The summed E-state index contributed by atoms with van der Waals surface area (Å²) in [6.45, 7) is 5.63. The fraction of sp³-hybridized carbons (Fsp3) is 0.857. The number of carbonyl (C=O) groups excluding carboxylic acids is 1. The van der Waals surface area contributed by atoms with Gasteiger partial charge in [-0.15, -0.1) is 0 Å². The molecule has 66 valence electrons. The molecule has 0 unspecified atom stereocenters. The predicted molar refractivity (Wildman–Crippen MR) is 42.9 cm³/mol. The Morgan fingerprint density at radius 3 is 2.55 bits per heavy atom. The molecule has 0 amide bonds. The fourth-order valence-corrected chi connectivity index (χ4v) is 0.695. The molecular weight excluding hydrogens is 144 g/mol. The van der Waals surface area contributed by atoms with Gasteiger partial charge in [-0.3, -0.25) is 9.69 Å². The largest absolute Gasteiger partial charge is 0.465 e. The van der Waals surface area contributed by atoms with Crippen LogP contribution in [0.15, 0.2) is 0 Å². The lowest BCUT2D eigenvalue weighted by Crippen LogP contribution is -2.35. The first-order valence-corrected chi connectivity index (χ1v) is 3.82. The van der Waals surface area contributed by atoms with Gasteiger partial charge in [0, 0.05) is 6.67 Å². The summed E-state index contributed by atoms with van der Waals surface area (Å²) < 4.78 is 4.74. The highest BCUT2D eigenvalue weighted by molar-refractivity contribution is 5.71. The summed E-state index contributed by atoms with van der Waals surface area (Å²) in [6, 6.07) is 0. The van der Waals surface area contributed by atoms with Gasteiger partial charge in [0.05, 0.1) is 13.2 Å². The van der Waals surface area contributed by atoms with E-state index < -0.39 is 0 Å². The third-order valence-corrected chi connectivity index (χ3v) is 1.36. The van der Waals surface area contributed by atoms with Gasteiger partial charge in [0.15, 0.2) is 0 Å². The van der Waals surface area contributed by atoms with Crippen LogP contribution in [0.4, 0.5) is 0 Å². The van der Waals surface area contributed by atoms with Crippen molar-refractivity contribution in [1.82, 2.24) is 4.90 Å². The van der Waals surface area contributed by atoms with Gasteiger partial charge in [0.2, 0.25) is 0 Å². The van der Waals surface area contributed by atoms with E-state index in [2.05, 4.69) is 0 Å². The molecule has 11 heavy (non-hydrogen) atoms. The maximum absolute atomic E-state index is 10.9. The number of nitrogens with two attached hydrogens (primary N) is 1. The van der Waals surface area contributed by atoms with Crippen molar-refractivity contribution < 1.29 is 9.53 Å². The number of carbonyl (C=O) groups is 1. The van der Waals surface area contributed by atoms with Crippen LogP contribution < -0.4 is 5.73 Å². The van der Waals surface area contributed by atoms with Crippen LogP contribution in [0.25, 0.3) is 0 Å². The molecule has 4 nitrogen and oxygen atoms in total. The number of rotatable bonds is 5. The number of likely N-dealkylation sites (N-methyl/N-ethyl adjacent to an activating group) is 1. The second-order valence-electron chi connectivity index (χ2n) is 2.13. The van der Waals surface area contributed by atoms with Crippen LogP contribution in [-0.4, -0.2) is 37.2 Å². The number of hydrogen-bond donors (Lipinski definition) is 1. The van der Waals surface area contributed by atoms with Gasteiger partial charge in [0.1, 0.15) is 0 Å². The highest BCUT2D eigenvalue weighted by atomic mass is 16.5. The molecule has 0 atom stereocenters. The van der Waals surface area contributed by atoms with Crippen LogP contribution in [-0.2, 0) is 9.53 Å². The first kappa shape index (κ1) is 10.4. The molecule has 0 spiro atoms. The van der Waals surface area contributed by atoms with E-state index in [-0.39, 0.29) is 5.97 Å². The second kappa shape index (κ2) is 6.12. The molecule has 0 radical (unpaired) electrons. The molecule has 0 aromatic carbocycles. The van der Waals surface area contributed by atoms with Crippen LogP contribution in [0.1, 0.15) is 13.8 Å². The molecule has 0 aromatic heterocycles. The number of nitrogens with zero attached hydrogens (tertiary/aromatic N) is 1. The minimum absolute atomic E-state index is 0.209. The Kier molecular flexibility index (Phi) is 5.78. The lowest BCUT2D eigenvalue weighted by atomic mass is 10.5. The summed E-state index contributed by atoms with van der Waals surface area (Å²) in [5, 5.41) is 0. The molecule has 0 rings (SSSR count). The molecule has 0 aliphatic rings. The molecule has 0 saturated heterocycles. The first-order valence-electron chi connectivity index (χ1n) is 3.82. The average molecular weight is 160 g/mol. The van der Waals surface area contributed by atoms with E-state index in [9.17, 15) is 4.79 Å². The number of esters is 1. The number of hydrogen-bond acceptors (Lipinski definition) is 4. The van der Waals surface area contributed by atoms with Crippen LogP contribution >= 0.6 is 0 Å². The summed E-state index contributed by atoms with van der Waals surface area (Å²) in [6.07, 6.45) is 0. The average Bonchev–Trinajstić information content (AvgIpc) is 2.01. The minimum Gasteiger partial charge on any atom is -0.465 e. The molecule has 2 N–H and O–H groups in total. The highest BCUT2D eigenvalue weighted by Gasteiger charge is 2.06. The molecule has 0 saturated carbocycles. The van der Waals surface area contributed by atoms with Gasteiger partial charge in [-0.1, -0.05) is 6.92 Å². The van der Waals surface area contributed by atoms with E-state index in [1.807, 2.05) is 6.92 Å². The fourth-order valence-electron chi connectivity index (χ4n) is 0.695. The Hall–Kier alpha value is -0.610. The molecule has 0 aromatic rings. The molecule has 0 heterocycles. The summed E-state index contributed by atoms with van der Waals surface area (Å²) >= 11 is 0. The minimum atomic E-state index is -0.209. The van der Waals surface area contributed by atoms with Crippen molar-refractivity contribution in [3.8, 4) is 0 Å². The van der Waals surface area contributed by atoms with E-state index in [0.29, 0.717) is 19.8 Å². The van der Waals surface area contributed by atoms with Crippen molar-refractivity contribution >= 4 is 5.97 Å². The Morgan fingerprint density at radius 1 is 1.55 bits per heavy atom. The smallest absolute Gasteiger partial charge is 0.320 e. The van der Waals surface area contributed by atoms with Crippen LogP contribution in [0.3, 0.4) is 0 Å². The first-order chi connectivity index (χ1) is 5.24. The van der Waals surface area contributed by atoms with Crippen LogP contribution in [0.2, 0.25) is 0 Å². The van der Waals surface area contributed by atoms with Crippen LogP contribution in [0.5, 0.6) is 0 Å². The molecule has 0 fully saturated rings. The SMILES string of the molecule is CCOC(=O)CN(CC)CN. The van der Waals surface area contributed by atoms with Crippen molar-refractivity contribution in [3.63, 3.8) is 0 Å². The highest BCUT2D eigenvalue weighted by Crippen LogP contribution is 1.85. The van der Waals surface area contributed by atoms with E-state index in [1.54, 1.807) is 11.8 Å². The monoisotopic (exact) mass is 160 g/mol. The van der Waals surface area contributed by atoms with Gasteiger partial charge in [-0.25, -0.2) is 0 Å². The van der Waals surface area contributed by atoms with E-state index in [4.69, 9.17) is 10.5 Å². The zero-order valence-electron chi connectivity index (χ0n) is 7.17. The predicted octanol–water partition coefficient (Wildman–Crippen LogP) is -0.212. The Balaban J connectivity index is 3.54. The molecule has 0 aliphatic carbocycles. The summed E-state index contributed by atoms with van der Waals surface area (Å²) in [5.41, 5.74) is 5.35. The van der Waals surface area contributed by atoms with Crippen molar-refractivity contribution in [2.24, 2.45) is 5.73 Å². The summed E-state index contributed by atoms with van der Waals surface area (Å²) in [5.74, 6) is -0.209. The van der Waals surface area contributed by atoms with Crippen molar-refractivity contribution in [2.45, 2.75) is 13.8 Å². The Bertz CT molecular complexity index is 113. The Labute approximate surface area is 67.3 Å². The lowest BCUT2D eigenvalue weighted by Gasteiger charge is -2.15. The van der Waals surface area contributed by atoms with Gasteiger partial charge in [-0.05, 0) is 13.5 Å². The quantitative estimate of drug-likeness (QED) is 0.446. The second-order valence-corrected chi connectivity index (χ2v) is 2.13. The molecule has 0 aliphatic heterocycles. The summed E-state index contributed by atoms with van der Waals surface area (Å²) in [4.78, 5) is 12.7. The Morgan fingerprint density at radius 2 is 2.18 bits per heavy atom. The van der Waals surface area contributed by atoms with E-state index in [1.165, 1.54) is 0 Å². The maximum Gasteiger partial charge on any atom is 0.320 e. The van der Waals surface area contributed by atoms with Crippen LogP contribution in [0, 0.1) is 0 Å². The zero-order valence-corrected chi connectivity index (χ0v) is 7.17. The van der Waals surface area contributed by atoms with Gasteiger partial charge in [-0.2, -0.15) is 0 Å². The van der Waals surface area contributed by atoms with Gasteiger partial charge < -0.3 is 10.5 Å².